The number of aromatic nitrogens is 2. The number of carbonyl (C=O) groups excluding carboxylic acids is 2. The molecule has 0 aliphatic heterocycles. The number of hydrogen-bond acceptors (Lipinski definition) is 4. The van der Waals surface area contributed by atoms with Gasteiger partial charge in [0.1, 0.15) is 0 Å². The fourth-order valence-electron chi connectivity index (χ4n) is 1.17. The van der Waals surface area contributed by atoms with Gasteiger partial charge in [-0.1, -0.05) is 0 Å². The lowest BCUT2D eigenvalue weighted by atomic mass is 10.3. The topological polar surface area (TPSA) is 113 Å². The summed E-state index contributed by atoms with van der Waals surface area (Å²) in [5, 5.41) is 16.8. The molecule has 1 aromatic heterocycles. The Morgan fingerprint density at radius 1 is 1.28 bits per heavy atom. The average Bonchev–Trinajstić information content (AvgIpc) is 2.79. The molecule has 0 spiro atoms. The Hall–Kier alpha value is -2.38. The molecule has 0 bridgehead atoms. The molecule has 0 fully saturated rings. The molecule has 0 saturated heterocycles. The van der Waals surface area contributed by atoms with Crippen LogP contribution in [-0.4, -0.2) is 39.3 Å². The molecule has 0 atom stereocenters. The van der Waals surface area contributed by atoms with Gasteiger partial charge >= 0.3 is 12.0 Å². The van der Waals surface area contributed by atoms with E-state index in [1.165, 1.54) is 0 Å². The van der Waals surface area contributed by atoms with Crippen molar-refractivity contribution in [1.29, 1.82) is 0 Å². The number of rotatable bonds is 6. The third kappa shape index (κ3) is 5.64. The maximum absolute atomic E-state index is 11.2. The molecule has 0 aliphatic carbocycles. The van der Waals surface area contributed by atoms with Crippen molar-refractivity contribution in [2.24, 2.45) is 0 Å². The molecule has 0 unspecified atom stereocenters. The minimum Gasteiger partial charge on any atom is -0.481 e. The van der Waals surface area contributed by atoms with Gasteiger partial charge in [-0.2, -0.15) is 5.10 Å². The number of carboxylic acids is 1. The van der Waals surface area contributed by atoms with Gasteiger partial charge in [0, 0.05) is 25.4 Å². The number of amides is 3. The zero-order chi connectivity index (χ0) is 13.4. The van der Waals surface area contributed by atoms with Crippen LogP contribution in [0.4, 0.5) is 4.79 Å². The quantitative estimate of drug-likeness (QED) is 0.637. The van der Waals surface area contributed by atoms with Crippen molar-refractivity contribution in [3.05, 3.63) is 18.5 Å². The number of imide groups is 1. The molecule has 1 heterocycles. The molecule has 3 amide bonds. The molecule has 0 aromatic carbocycles. The molecule has 0 saturated carbocycles. The second kappa shape index (κ2) is 7.05. The van der Waals surface area contributed by atoms with E-state index in [2.05, 4.69) is 10.4 Å². The van der Waals surface area contributed by atoms with Crippen LogP contribution < -0.4 is 10.6 Å². The number of hydrogen-bond donors (Lipinski definition) is 3. The Bertz CT molecular complexity index is 416. The van der Waals surface area contributed by atoms with Gasteiger partial charge < -0.3 is 10.4 Å². The number of nitrogens with zero attached hydrogens (tertiary/aromatic N) is 2. The van der Waals surface area contributed by atoms with Gasteiger partial charge in [0.15, 0.2) is 0 Å². The van der Waals surface area contributed by atoms with E-state index in [9.17, 15) is 14.4 Å². The Morgan fingerprint density at radius 3 is 2.67 bits per heavy atom. The highest BCUT2D eigenvalue weighted by Gasteiger charge is 2.08. The number of carbonyl (C=O) groups is 3. The summed E-state index contributed by atoms with van der Waals surface area (Å²) in [6.07, 6.45) is 2.85. The van der Waals surface area contributed by atoms with Gasteiger partial charge in [0.05, 0.1) is 13.0 Å². The highest BCUT2D eigenvalue weighted by molar-refractivity contribution is 5.95. The molecule has 18 heavy (non-hydrogen) atoms. The minimum absolute atomic E-state index is 0.220. The summed E-state index contributed by atoms with van der Waals surface area (Å²) >= 11 is 0. The van der Waals surface area contributed by atoms with Crippen LogP contribution in [0.5, 0.6) is 0 Å². The molecule has 8 heteroatoms. The minimum atomic E-state index is -1.08. The number of urea groups is 1. The van der Waals surface area contributed by atoms with Crippen LogP contribution in [-0.2, 0) is 16.1 Å². The number of aliphatic carboxylic acids is 1. The van der Waals surface area contributed by atoms with Crippen molar-refractivity contribution in [2.45, 2.75) is 19.4 Å². The summed E-state index contributed by atoms with van der Waals surface area (Å²) in [5.74, 6) is -1.70. The predicted molar refractivity (Wildman–Crippen MR) is 60.6 cm³/mol. The van der Waals surface area contributed by atoms with Gasteiger partial charge in [0.25, 0.3) is 0 Å². The monoisotopic (exact) mass is 254 g/mol. The first-order valence-corrected chi connectivity index (χ1v) is 5.35. The Labute approximate surface area is 103 Å². The summed E-state index contributed by atoms with van der Waals surface area (Å²) in [4.78, 5) is 32.5. The summed E-state index contributed by atoms with van der Waals surface area (Å²) in [7, 11) is 0. The van der Waals surface area contributed by atoms with Gasteiger partial charge in [-0.3, -0.25) is 19.6 Å². The molecule has 8 nitrogen and oxygen atoms in total. The van der Waals surface area contributed by atoms with Crippen molar-refractivity contribution in [3.63, 3.8) is 0 Å². The SMILES string of the molecule is O=C(O)CCC(=O)NC(=O)NCCn1cccn1. The fraction of sp³-hybridized carbons (Fsp3) is 0.400. The maximum Gasteiger partial charge on any atom is 0.321 e. The highest BCUT2D eigenvalue weighted by atomic mass is 16.4. The Kier molecular flexibility index (Phi) is 5.36. The zero-order valence-corrected chi connectivity index (χ0v) is 9.63. The van der Waals surface area contributed by atoms with Crippen LogP contribution >= 0.6 is 0 Å². The summed E-state index contributed by atoms with van der Waals surface area (Å²) in [5.41, 5.74) is 0. The third-order valence-electron chi connectivity index (χ3n) is 2.00. The summed E-state index contributed by atoms with van der Waals surface area (Å²) in [6.45, 7) is 0.809. The van der Waals surface area contributed by atoms with Crippen LogP contribution in [0.1, 0.15) is 12.8 Å². The molecule has 1 aromatic rings. The number of carboxylic acid groups (broad SMARTS) is 1. The summed E-state index contributed by atoms with van der Waals surface area (Å²) < 4.78 is 1.63. The van der Waals surface area contributed by atoms with Crippen LogP contribution in [0.2, 0.25) is 0 Å². The van der Waals surface area contributed by atoms with Crippen molar-refractivity contribution in [2.75, 3.05) is 6.54 Å². The maximum atomic E-state index is 11.2. The Balaban J connectivity index is 2.13. The van der Waals surface area contributed by atoms with E-state index in [4.69, 9.17) is 5.11 Å². The standard InChI is InChI=1S/C10H14N4O4/c15-8(2-3-9(16)17)13-10(18)11-5-7-14-6-1-4-12-14/h1,4,6H,2-3,5,7H2,(H,16,17)(H2,11,13,15,18). The van der Waals surface area contributed by atoms with Gasteiger partial charge in [0.2, 0.25) is 5.91 Å². The van der Waals surface area contributed by atoms with E-state index >= 15 is 0 Å². The van der Waals surface area contributed by atoms with Gasteiger partial charge in [-0.15, -0.1) is 0 Å². The van der Waals surface area contributed by atoms with Gasteiger partial charge in [-0.05, 0) is 6.07 Å². The first-order chi connectivity index (χ1) is 8.58. The molecule has 0 radical (unpaired) electrons. The van der Waals surface area contributed by atoms with Crippen LogP contribution in [0.25, 0.3) is 0 Å². The molecule has 3 N–H and O–H groups in total. The smallest absolute Gasteiger partial charge is 0.321 e. The van der Waals surface area contributed by atoms with Crippen molar-refractivity contribution < 1.29 is 19.5 Å². The van der Waals surface area contributed by atoms with E-state index in [1.54, 1.807) is 23.1 Å². The molecule has 98 valence electrons. The lowest BCUT2D eigenvalue weighted by molar-refractivity contribution is -0.138. The molecule has 0 aliphatic rings. The molecular formula is C10H14N4O4. The van der Waals surface area contributed by atoms with E-state index in [0.717, 1.165) is 0 Å². The lowest BCUT2D eigenvalue weighted by Gasteiger charge is -2.06. The molecule has 1 rings (SSSR count). The van der Waals surface area contributed by atoms with E-state index < -0.39 is 17.9 Å². The second-order valence-corrected chi connectivity index (χ2v) is 3.47. The van der Waals surface area contributed by atoms with Crippen molar-refractivity contribution in [1.82, 2.24) is 20.4 Å². The number of nitrogens with one attached hydrogen (secondary N) is 2. The van der Waals surface area contributed by atoms with Crippen LogP contribution in [0.3, 0.4) is 0 Å². The van der Waals surface area contributed by atoms with E-state index in [-0.39, 0.29) is 12.8 Å². The largest absolute Gasteiger partial charge is 0.481 e. The Morgan fingerprint density at radius 2 is 2.06 bits per heavy atom. The fourth-order valence-corrected chi connectivity index (χ4v) is 1.17. The summed E-state index contributed by atoms with van der Waals surface area (Å²) in [6, 6.07) is 1.12. The second-order valence-electron chi connectivity index (χ2n) is 3.47. The first kappa shape index (κ1) is 13.7. The lowest BCUT2D eigenvalue weighted by Crippen LogP contribution is -2.40. The van der Waals surface area contributed by atoms with Crippen molar-refractivity contribution in [3.8, 4) is 0 Å². The van der Waals surface area contributed by atoms with E-state index in [0.29, 0.717) is 13.1 Å². The van der Waals surface area contributed by atoms with Crippen molar-refractivity contribution >= 4 is 17.9 Å². The average molecular weight is 254 g/mol. The van der Waals surface area contributed by atoms with Gasteiger partial charge in [-0.25, -0.2) is 4.79 Å². The third-order valence-corrected chi connectivity index (χ3v) is 2.00. The first-order valence-electron chi connectivity index (χ1n) is 5.35. The zero-order valence-electron chi connectivity index (χ0n) is 9.63. The normalized spacial score (nSPS) is 9.78. The molecular weight excluding hydrogens is 240 g/mol. The predicted octanol–water partition coefficient (Wildman–Crippen LogP) is -0.426. The van der Waals surface area contributed by atoms with E-state index in [1.807, 2.05) is 5.32 Å². The van der Waals surface area contributed by atoms with Crippen LogP contribution in [0, 0.1) is 0 Å². The highest BCUT2D eigenvalue weighted by Crippen LogP contribution is 1.88. The van der Waals surface area contributed by atoms with Crippen LogP contribution in [0.15, 0.2) is 18.5 Å².